The van der Waals surface area contributed by atoms with Crippen molar-refractivity contribution in [3.8, 4) is 5.75 Å². The van der Waals surface area contributed by atoms with Crippen LogP contribution in [0, 0.1) is 0 Å². The first-order chi connectivity index (χ1) is 10.9. The summed E-state index contributed by atoms with van der Waals surface area (Å²) < 4.78 is 22.8. The zero-order valence-corrected chi connectivity index (χ0v) is 14.5. The molecule has 1 aromatic carbocycles. The molecule has 130 valence electrons. The van der Waals surface area contributed by atoms with Crippen LogP contribution < -0.4 is 4.74 Å². The quantitative estimate of drug-likeness (QED) is 0.797. The van der Waals surface area contributed by atoms with E-state index < -0.39 is 5.79 Å². The number of benzene rings is 1. The predicted octanol–water partition coefficient (Wildman–Crippen LogP) is 2.89. The van der Waals surface area contributed by atoms with Crippen LogP contribution in [0.4, 0.5) is 0 Å². The molecule has 0 aromatic heterocycles. The summed E-state index contributed by atoms with van der Waals surface area (Å²) >= 11 is 0. The molecule has 0 bridgehead atoms. The average molecular weight is 324 g/mol. The van der Waals surface area contributed by atoms with Crippen LogP contribution in [0.1, 0.15) is 39.2 Å². The third-order valence-corrected chi connectivity index (χ3v) is 4.02. The molecule has 5 heteroatoms. The van der Waals surface area contributed by atoms with Crippen molar-refractivity contribution in [3.05, 3.63) is 29.8 Å². The Morgan fingerprint density at radius 3 is 2.43 bits per heavy atom. The van der Waals surface area contributed by atoms with Crippen molar-refractivity contribution in [2.45, 2.75) is 64.3 Å². The van der Waals surface area contributed by atoms with Crippen LogP contribution in [0.25, 0.3) is 0 Å². The van der Waals surface area contributed by atoms with E-state index in [-0.39, 0.29) is 24.9 Å². The van der Waals surface area contributed by atoms with E-state index in [1.165, 1.54) is 0 Å². The maximum atomic E-state index is 9.28. The van der Waals surface area contributed by atoms with Crippen molar-refractivity contribution in [2.24, 2.45) is 0 Å². The van der Waals surface area contributed by atoms with Crippen molar-refractivity contribution in [1.82, 2.24) is 0 Å². The minimum absolute atomic E-state index is 0.0163. The van der Waals surface area contributed by atoms with E-state index in [0.29, 0.717) is 19.4 Å². The van der Waals surface area contributed by atoms with Crippen LogP contribution in [0.2, 0.25) is 0 Å². The Balaban J connectivity index is 1.88. The van der Waals surface area contributed by atoms with Gasteiger partial charge in [-0.1, -0.05) is 12.1 Å². The summed E-state index contributed by atoms with van der Waals surface area (Å²) in [5.74, 6) is 0.275. The molecular formula is C18H28O5. The highest BCUT2D eigenvalue weighted by molar-refractivity contribution is 5.26. The first-order valence-corrected chi connectivity index (χ1v) is 8.14. The van der Waals surface area contributed by atoms with Crippen molar-refractivity contribution in [2.75, 3.05) is 13.7 Å². The fourth-order valence-corrected chi connectivity index (χ4v) is 2.86. The van der Waals surface area contributed by atoms with Crippen LogP contribution in [0.3, 0.4) is 0 Å². The molecule has 5 nitrogen and oxygen atoms in total. The Morgan fingerprint density at radius 2 is 1.91 bits per heavy atom. The largest absolute Gasteiger partial charge is 0.497 e. The minimum atomic E-state index is -0.552. The van der Waals surface area contributed by atoms with E-state index in [2.05, 4.69) is 0 Å². The number of ether oxygens (including phenoxy) is 4. The van der Waals surface area contributed by atoms with Gasteiger partial charge in [-0.2, -0.15) is 0 Å². The van der Waals surface area contributed by atoms with Crippen molar-refractivity contribution < 1.29 is 24.1 Å². The van der Waals surface area contributed by atoms with Gasteiger partial charge in [0.2, 0.25) is 0 Å². The number of aliphatic hydroxyl groups excluding tert-OH is 1. The molecule has 0 saturated carbocycles. The van der Waals surface area contributed by atoms with Gasteiger partial charge in [-0.25, -0.2) is 0 Å². The van der Waals surface area contributed by atoms with Gasteiger partial charge in [0.05, 0.1) is 32.0 Å². The molecule has 1 N–H and O–H groups in total. The number of rotatable bonds is 8. The van der Waals surface area contributed by atoms with Gasteiger partial charge in [0, 0.05) is 13.0 Å². The SMILES string of the molecule is COc1ccc(CO[C@@H](CCO)C[C@H]2OC(C)(C)O[C@@H]2C)cc1. The Labute approximate surface area is 138 Å². The smallest absolute Gasteiger partial charge is 0.163 e. The summed E-state index contributed by atoms with van der Waals surface area (Å²) in [6.07, 6.45) is 1.24. The van der Waals surface area contributed by atoms with Gasteiger partial charge in [0.1, 0.15) is 5.75 Å². The lowest BCUT2D eigenvalue weighted by Gasteiger charge is -2.22. The molecule has 2 rings (SSSR count). The maximum absolute atomic E-state index is 9.28. The third-order valence-electron chi connectivity index (χ3n) is 4.02. The van der Waals surface area contributed by atoms with E-state index >= 15 is 0 Å². The van der Waals surface area contributed by atoms with Gasteiger partial charge < -0.3 is 24.1 Å². The lowest BCUT2D eigenvalue weighted by atomic mass is 10.1. The Hall–Kier alpha value is -1.14. The van der Waals surface area contributed by atoms with Crippen molar-refractivity contribution >= 4 is 0 Å². The first-order valence-electron chi connectivity index (χ1n) is 8.14. The normalized spacial score (nSPS) is 24.6. The van der Waals surface area contributed by atoms with Gasteiger partial charge in [-0.15, -0.1) is 0 Å². The molecular weight excluding hydrogens is 296 g/mol. The van der Waals surface area contributed by atoms with Gasteiger partial charge >= 0.3 is 0 Å². The number of aliphatic hydroxyl groups is 1. The molecule has 1 saturated heterocycles. The minimum Gasteiger partial charge on any atom is -0.497 e. The summed E-state index contributed by atoms with van der Waals surface area (Å²) in [5.41, 5.74) is 1.07. The molecule has 1 heterocycles. The summed E-state index contributed by atoms with van der Waals surface area (Å²) in [6.45, 7) is 6.45. The fraction of sp³-hybridized carbons (Fsp3) is 0.667. The fourth-order valence-electron chi connectivity index (χ4n) is 2.86. The van der Waals surface area contributed by atoms with Gasteiger partial charge in [-0.05, 0) is 44.9 Å². The molecule has 0 radical (unpaired) electrons. The molecule has 0 spiro atoms. The molecule has 1 fully saturated rings. The molecule has 23 heavy (non-hydrogen) atoms. The van der Waals surface area contributed by atoms with Crippen molar-refractivity contribution in [3.63, 3.8) is 0 Å². The third kappa shape index (κ3) is 5.46. The summed E-state index contributed by atoms with van der Waals surface area (Å²) in [6, 6.07) is 7.79. The summed E-state index contributed by atoms with van der Waals surface area (Å²) in [7, 11) is 1.65. The van der Waals surface area contributed by atoms with E-state index in [1.807, 2.05) is 45.0 Å². The lowest BCUT2D eigenvalue weighted by Crippen LogP contribution is -2.28. The second-order valence-corrected chi connectivity index (χ2v) is 6.41. The molecule has 3 atom stereocenters. The lowest BCUT2D eigenvalue weighted by molar-refractivity contribution is -0.148. The highest BCUT2D eigenvalue weighted by Crippen LogP contribution is 2.31. The van der Waals surface area contributed by atoms with E-state index in [9.17, 15) is 5.11 Å². The zero-order valence-electron chi connectivity index (χ0n) is 14.5. The molecule has 0 unspecified atom stereocenters. The van der Waals surface area contributed by atoms with Crippen molar-refractivity contribution in [1.29, 1.82) is 0 Å². The van der Waals surface area contributed by atoms with Crippen LogP contribution >= 0.6 is 0 Å². The van der Waals surface area contributed by atoms with Gasteiger partial charge in [0.15, 0.2) is 5.79 Å². The Bertz CT molecular complexity index is 471. The van der Waals surface area contributed by atoms with Crippen LogP contribution in [-0.2, 0) is 20.8 Å². The van der Waals surface area contributed by atoms with Crippen LogP contribution in [0.5, 0.6) is 5.75 Å². The number of hydrogen-bond acceptors (Lipinski definition) is 5. The Morgan fingerprint density at radius 1 is 1.22 bits per heavy atom. The molecule has 0 aliphatic carbocycles. The summed E-state index contributed by atoms with van der Waals surface area (Å²) in [4.78, 5) is 0. The predicted molar refractivity (Wildman–Crippen MR) is 87.4 cm³/mol. The second kappa shape index (κ2) is 8.11. The second-order valence-electron chi connectivity index (χ2n) is 6.41. The zero-order chi connectivity index (χ0) is 16.9. The maximum Gasteiger partial charge on any atom is 0.163 e. The highest BCUT2D eigenvalue weighted by Gasteiger charge is 2.39. The number of methoxy groups -OCH3 is 1. The van der Waals surface area contributed by atoms with Crippen LogP contribution in [0.15, 0.2) is 24.3 Å². The Kier molecular flexibility index (Phi) is 6.41. The standard InChI is InChI=1S/C18H28O5/c1-13-17(23-18(2,3)22-13)11-16(9-10-19)21-12-14-5-7-15(20-4)8-6-14/h5-8,13,16-17,19H,9-12H2,1-4H3/t13-,16+,17-/m1/s1. The van der Waals surface area contributed by atoms with E-state index in [4.69, 9.17) is 18.9 Å². The van der Waals surface area contributed by atoms with Gasteiger partial charge in [-0.3, -0.25) is 0 Å². The van der Waals surface area contributed by atoms with Crippen LogP contribution in [-0.4, -0.2) is 42.9 Å². The number of hydrogen-bond donors (Lipinski definition) is 1. The summed E-state index contributed by atoms with van der Waals surface area (Å²) in [5, 5.41) is 9.28. The van der Waals surface area contributed by atoms with Gasteiger partial charge in [0.25, 0.3) is 0 Å². The monoisotopic (exact) mass is 324 g/mol. The average Bonchev–Trinajstić information content (AvgIpc) is 2.77. The molecule has 1 aromatic rings. The first kappa shape index (κ1) is 18.2. The van der Waals surface area contributed by atoms with E-state index in [1.54, 1.807) is 7.11 Å². The molecule has 0 amide bonds. The van der Waals surface area contributed by atoms with E-state index in [0.717, 1.165) is 11.3 Å². The highest BCUT2D eigenvalue weighted by atomic mass is 16.7. The topological polar surface area (TPSA) is 57.2 Å². The molecule has 1 aliphatic heterocycles. The molecule has 1 aliphatic rings.